The summed E-state index contributed by atoms with van der Waals surface area (Å²) in [5, 5.41) is 3.24. The molecule has 2 amide bonds. The highest BCUT2D eigenvalue weighted by molar-refractivity contribution is 5.84. The summed E-state index contributed by atoms with van der Waals surface area (Å²) in [5.41, 5.74) is 0. The van der Waals surface area contributed by atoms with Gasteiger partial charge in [0.15, 0.2) is 0 Å². The summed E-state index contributed by atoms with van der Waals surface area (Å²) in [6, 6.07) is 0. The maximum atomic E-state index is 14.7. The minimum atomic E-state index is -9.33. The number of ether oxygens (including phenoxy) is 4. The fourth-order valence-corrected chi connectivity index (χ4v) is 3.08. The van der Waals surface area contributed by atoms with Gasteiger partial charge in [-0.2, -0.15) is 140 Å². The Morgan fingerprint density at radius 3 is 0.855 bits per heavy atom. The summed E-state index contributed by atoms with van der Waals surface area (Å²) in [4.78, 5) is 22.3. The molecule has 0 aliphatic carbocycles. The molecule has 0 radical (unpaired) electrons. The molecule has 370 valence electrons. The molecule has 62 heavy (non-hydrogen) atoms. The molecule has 9 nitrogen and oxygen atoms in total. The van der Waals surface area contributed by atoms with Gasteiger partial charge in [-0.25, -0.2) is 0 Å². The second-order valence-corrected chi connectivity index (χ2v) is 10.7. The molecule has 0 aromatic heterocycles. The Balaban J connectivity index is 7.21. The lowest BCUT2D eigenvalue weighted by molar-refractivity contribution is -0.592. The molecule has 0 aromatic carbocycles. The largest absolute Gasteiger partial charge is 0.471 e. The number of amides is 2. The average molecular weight is 1010 g/mol. The first kappa shape index (κ1) is 58.5. The van der Waals surface area contributed by atoms with Gasteiger partial charge in [0.25, 0.3) is 5.91 Å². The molecule has 41 heteroatoms. The number of alkyl halides is 32. The van der Waals surface area contributed by atoms with Gasteiger partial charge < -0.3 is 16.0 Å². The van der Waals surface area contributed by atoms with Crippen LogP contribution in [0, 0.1) is 0 Å². The lowest BCUT2D eigenvalue weighted by Crippen LogP contribution is -2.72. The molecular formula is C21H11F32N3O6. The molecule has 0 bridgehead atoms. The molecule has 0 aliphatic rings. The Hall–Kier alpha value is -3.50. The van der Waals surface area contributed by atoms with Crippen LogP contribution in [0.3, 0.4) is 0 Å². The van der Waals surface area contributed by atoms with Crippen LogP contribution in [0.15, 0.2) is 0 Å². The highest BCUT2D eigenvalue weighted by atomic mass is 19.5. The number of carbonyl (C=O) groups is 2. The van der Waals surface area contributed by atoms with Crippen LogP contribution in [0.1, 0.15) is 0 Å². The number of carbonyl (C=O) groups excluding carboxylic acids is 2. The SMILES string of the molecule is O=C(NCCNCCNC(=O)C(F)(OC(F)(F)C(F)(OC(F)(F)C(F)(OC(F)(F)C(F)(OC(F)(F)C(F)(F)C(F)(F)F)C(F)(F)F)C(F)(F)F)C(F)(F)F)C(F)(F)F)C(F)(F)F. The highest BCUT2D eigenvalue weighted by Crippen LogP contribution is 2.61. The quantitative estimate of drug-likeness (QED) is 0.0893. The second-order valence-electron chi connectivity index (χ2n) is 10.7. The number of hydrogen-bond donors (Lipinski definition) is 3. The summed E-state index contributed by atoms with van der Waals surface area (Å²) in [6.07, 6.45) is -83.7. The Kier molecular flexibility index (Phi) is 16.2. The Labute approximate surface area is 315 Å². The van der Waals surface area contributed by atoms with Gasteiger partial charge in [-0.1, -0.05) is 0 Å². The fraction of sp³-hybridized carbons (Fsp3) is 0.905. The predicted molar refractivity (Wildman–Crippen MR) is 120 cm³/mol. The monoisotopic (exact) mass is 1010 g/mol. The number of hydrogen-bond acceptors (Lipinski definition) is 7. The van der Waals surface area contributed by atoms with Crippen molar-refractivity contribution in [1.82, 2.24) is 16.0 Å². The number of halogens is 32. The van der Waals surface area contributed by atoms with E-state index in [1.807, 2.05) is 0 Å². The van der Waals surface area contributed by atoms with Gasteiger partial charge in [0.2, 0.25) is 0 Å². The van der Waals surface area contributed by atoms with Crippen molar-refractivity contribution in [2.24, 2.45) is 0 Å². The summed E-state index contributed by atoms with van der Waals surface area (Å²) in [7, 11) is 0. The third-order valence-corrected chi connectivity index (χ3v) is 6.10. The van der Waals surface area contributed by atoms with E-state index in [4.69, 9.17) is 0 Å². The molecule has 0 aliphatic heterocycles. The van der Waals surface area contributed by atoms with Crippen LogP contribution in [-0.2, 0) is 28.5 Å². The standard InChI is InChI=1S/C21H11F32N3O6/c22-7(13(31,32)33,5(57)55-3-1-54-2-4-56-6(58)8(23,24)25)59-19(48,49)10(28,15(37,38)39)61-21(52,53)12(30,17(43,44)45)62-20(50,51)11(29,16(40,41)42)60-18(46,47)9(26,27)14(34,35)36/h54H,1-4H2,(H,55,57)(H,56,58). The van der Waals surface area contributed by atoms with Crippen molar-refractivity contribution < 1.29 is 169 Å². The molecule has 0 heterocycles. The van der Waals surface area contributed by atoms with E-state index >= 15 is 0 Å². The van der Waals surface area contributed by atoms with E-state index in [1.165, 1.54) is 0 Å². The van der Waals surface area contributed by atoms with Gasteiger partial charge in [0.1, 0.15) is 0 Å². The molecular weight excluding hydrogens is 998 g/mol. The van der Waals surface area contributed by atoms with Gasteiger partial charge in [-0.15, -0.1) is 0 Å². The minimum absolute atomic E-state index is 0.416. The lowest BCUT2D eigenvalue weighted by Gasteiger charge is -2.44. The van der Waals surface area contributed by atoms with Crippen LogP contribution in [0.2, 0.25) is 0 Å². The van der Waals surface area contributed by atoms with Crippen molar-refractivity contribution in [2.75, 3.05) is 26.2 Å². The highest BCUT2D eigenvalue weighted by Gasteiger charge is 2.90. The van der Waals surface area contributed by atoms with Gasteiger partial charge >= 0.3 is 96.7 Å². The zero-order chi connectivity index (χ0) is 50.4. The Morgan fingerprint density at radius 2 is 0.597 bits per heavy atom. The summed E-state index contributed by atoms with van der Waals surface area (Å²) in [5.74, 6) is -50.0. The lowest BCUT2D eigenvalue weighted by atomic mass is 10.2. The molecule has 0 fully saturated rings. The summed E-state index contributed by atoms with van der Waals surface area (Å²) in [6.45, 7) is -4.98. The minimum Gasteiger partial charge on any atom is -0.350 e. The van der Waals surface area contributed by atoms with E-state index in [9.17, 15) is 150 Å². The molecule has 0 saturated carbocycles. The maximum absolute atomic E-state index is 14.7. The van der Waals surface area contributed by atoms with Crippen molar-refractivity contribution in [2.45, 2.75) is 90.8 Å². The normalized spacial score (nSPS) is 18.9. The molecule has 0 spiro atoms. The van der Waals surface area contributed by atoms with Gasteiger partial charge in [-0.3, -0.25) is 28.5 Å². The molecule has 0 saturated heterocycles. The molecule has 4 unspecified atom stereocenters. The third-order valence-electron chi connectivity index (χ3n) is 6.10. The van der Waals surface area contributed by atoms with Crippen molar-refractivity contribution in [3.8, 4) is 0 Å². The zero-order valence-corrected chi connectivity index (χ0v) is 27.4. The zero-order valence-electron chi connectivity index (χ0n) is 27.4. The first-order chi connectivity index (χ1) is 26.6. The third kappa shape index (κ3) is 11.4. The number of nitrogens with one attached hydrogen (secondary N) is 3. The average Bonchev–Trinajstić information content (AvgIpc) is 2.99. The predicted octanol–water partition coefficient (Wildman–Crippen LogP) is 7.92. The van der Waals surface area contributed by atoms with Crippen LogP contribution >= 0.6 is 0 Å². The Bertz CT molecular complexity index is 1550. The molecule has 4 atom stereocenters. The topological polar surface area (TPSA) is 107 Å². The van der Waals surface area contributed by atoms with Gasteiger partial charge in [-0.05, 0) is 0 Å². The molecule has 0 rings (SSSR count). The van der Waals surface area contributed by atoms with E-state index in [0.29, 0.717) is 5.32 Å². The van der Waals surface area contributed by atoms with Crippen LogP contribution in [0.25, 0.3) is 0 Å². The van der Waals surface area contributed by atoms with Crippen molar-refractivity contribution in [1.29, 1.82) is 0 Å². The Morgan fingerprint density at radius 1 is 0.323 bits per heavy atom. The van der Waals surface area contributed by atoms with Crippen molar-refractivity contribution in [3.05, 3.63) is 0 Å². The smallest absolute Gasteiger partial charge is 0.350 e. The van der Waals surface area contributed by atoms with Crippen molar-refractivity contribution >= 4 is 11.8 Å². The summed E-state index contributed by atoms with van der Waals surface area (Å²) >= 11 is 0. The van der Waals surface area contributed by atoms with Crippen LogP contribution < -0.4 is 16.0 Å². The van der Waals surface area contributed by atoms with E-state index < -0.39 is 129 Å². The first-order valence-corrected chi connectivity index (χ1v) is 13.8. The van der Waals surface area contributed by atoms with E-state index in [0.717, 1.165) is 19.5 Å². The fourth-order valence-electron chi connectivity index (χ4n) is 3.08. The maximum Gasteiger partial charge on any atom is 0.471 e. The second kappa shape index (κ2) is 17.1. The van der Waals surface area contributed by atoms with Crippen LogP contribution in [0.5, 0.6) is 0 Å². The molecule has 0 aromatic rings. The van der Waals surface area contributed by atoms with E-state index in [1.54, 1.807) is 10.1 Å². The molecule has 3 N–H and O–H groups in total. The van der Waals surface area contributed by atoms with Crippen molar-refractivity contribution in [3.63, 3.8) is 0 Å². The number of rotatable bonds is 19. The van der Waals surface area contributed by atoms with E-state index in [2.05, 4.69) is 0 Å². The van der Waals surface area contributed by atoms with Crippen LogP contribution in [-0.4, -0.2) is 129 Å². The van der Waals surface area contributed by atoms with E-state index in [-0.39, 0.29) is 0 Å². The first-order valence-electron chi connectivity index (χ1n) is 13.8. The van der Waals surface area contributed by atoms with Gasteiger partial charge in [0.05, 0.1) is 0 Å². The van der Waals surface area contributed by atoms with Crippen LogP contribution in [0.4, 0.5) is 140 Å². The van der Waals surface area contributed by atoms with Gasteiger partial charge in [0, 0.05) is 26.2 Å². The summed E-state index contributed by atoms with van der Waals surface area (Å²) < 4.78 is 433.